The molecule has 0 aliphatic rings. The fourth-order valence-corrected chi connectivity index (χ4v) is 0.413. The number of carbonyl (C=O) groups is 1. The van der Waals surface area contributed by atoms with Crippen LogP contribution in [0.1, 0.15) is 15.8 Å². The third-order valence-electron chi connectivity index (χ3n) is 0.826. The summed E-state index contributed by atoms with van der Waals surface area (Å²) in [6.07, 6.45) is 0. The minimum absolute atomic E-state index is 0.738. The fraction of sp³-hybridized carbons (Fsp3) is 0. The van der Waals surface area contributed by atoms with Crippen LogP contribution in [0.4, 0.5) is 0 Å². The maximum absolute atomic E-state index is 10.6. The zero-order valence-electron chi connectivity index (χ0n) is 8.80. The van der Waals surface area contributed by atoms with E-state index in [1.165, 1.54) is 0 Å². The zero-order valence-corrected chi connectivity index (χ0v) is 4.80. The Morgan fingerprint density at radius 1 is 1.40 bits per heavy atom. The monoisotopic (exact) mass is 142 g/mol. The summed E-state index contributed by atoms with van der Waals surface area (Å²) in [7, 11) is 0. The standard InChI is InChI=1S/C7H6O3/c8-6-3-1-5(2-4-6)7(9)10/h1-4,8H,(H,9,10)/i1D,2D,3D,4D. The molecule has 0 saturated carbocycles. The second-order valence-corrected chi connectivity index (χ2v) is 1.53. The van der Waals surface area contributed by atoms with Gasteiger partial charge in [-0.15, -0.1) is 0 Å². The zero-order chi connectivity index (χ0) is 11.0. The van der Waals surface area contributed by atoms with Crippen molar-refractivity contribution in [3.63, 3.8) is 0 Å². The SMILES string of the molecule is [2H]c1c([2H])c(C(=O)O)c([2H])c([2H])c1O. The number of rotatable bonds is 1. The first-order valence-electron chi connectivity index (χ1n) is 4.40. The van der Waals surface area contributed by atoms with Crippen molar-refractivity contribution in [1.29, 1.82) is 0 Å². The molecule has 0 bridgehead atoms. The average Bonchev–Trinajstić information content (AvgIpc) is 2.11. The van der Waals surface area contributed by atoms with Crippen LogP contribution in [0.2, 0.25) is 0 Å². The molecule has 0 spiro atoms. The highest BCUT2D eigenvalue weighted by atomic mass is 16.4. The predicted octanol–water partition coefficient (Wildman–Crippen LogP) is 1.09. The van der Waals surface area contributed by atoms with Gasteiger partial charge in [0.15, 0.2) is 0 Å². The fourth-order valence-electron chi connectivity index (χ4n) is 0.413. The number of hydrogen-bond acceptors (Lipinski definition) is 2. The quantitative estimate of drug-likeness (QED) is 0.617. The molecule has 52 valence electrons. The normalized spacial score (nSPS) is 14.8. The Labute approximate surface area is 63.2 Å². The highest BCUT2D eigenvalue weighted by molar-refractivity contribution is 5.87. The van der Waals surface area contributed by atoms with Crippen LogP contribution < -0.4 is 0 Å². The molecular formula is C7H6O3. The van der Waals surface area contributed by atoms with Crippen LogP contribution in [0.15, 0.2) is 24.2 Å². The first-order chi connectivity index (χ1) is 6.37. The molecule has 0 fully saturated rings. The van der Waals surface area contributed by atoms with Crippen molar-refractivity contribution in [2.75, 3.05) is 0 Å². The van der Waals surface area contributed by atoms with Crippen LogP contribution in [-0.4, -0.2) is 16.2 Å². The van der Waals surface area contributed by atoms with Gasteiger partial charge < -0.3 is 10.2 Å². The summed E-state index contributed by atoms with van der Waals surface area (Å²) in [5.41, 5.74) is -0.738. The van der Waals surface area contributed by atoms with E-state index in [2.05, 4.69) is 0 Å². The van der Waals surface area contributed by atoms with Gasteiger partial charge in [-0.1, -0.05) is 0 Å². The maximum atomic E-state index is 10.6. The molecule has 0 radical (unpaired) electrons. The summed E-state index contributed by atoms with van der Waals surface area (Å²) < 4.78 is 28.6. The van der Waals surface area contributed by atoms with Crippen molar-refractivity contribution in [2.24, 2.45) is 0 Å². The summed E-state index contributed by atoms with van der Waals surface area (Å²) in [5, 5.41) is 17.7. The van der Waals surface area contributed by atoms with Crippen molar-refractivity contribution in [3.05, 3.63) is 29.7 Å². The molecule has 0 aliphatic carbocycles. The van der Waals surface area contributed by atoms with E-state index in [-0.39, 0.29) is 0 Å². The molecule has 0 saturated heterocycles. The summed E-state index contributed by atoms with van der Waals surface area (Å²) >= 11 is 0. The number of carboxylic acid groups (broad SMARTS) is 1. The van der Waals surface area contributed by atoms with Gasteiger partial charge in [0, 0.05) is 0 Å². The lowest BCUT2D eigenvalue weighted by Crippen LogP contribution is -1.93. The van der Waals surface area contributed by atoms with Gasteiger partial charge in [0.2, 0.25) is 0 Å². The molecule has 10 heavy (non-hydrogen) atoms. The van der Waals surface area contributed by atoms with Gasteiger partial charge in [-0.25, -0.2) is 4.79 Å². The minimum atomic E-state index is -1.55. The summed E-state index contributed by atoms with van der Waals surface area (Å²) in [6.45, 7) is 0. The third kappa shape index (κ3) is 1.25. The van der Waals surface area contributed by atoms with Gasteiger partial charge in [-0.3, -0.25) is 0 Å². The molecule has 3 nitrogen and oxygen atoms in total. The lowest BCUT2D eigenvalue weighted by atomic mass is 10.2. The topological polar surface area (TPSA) is 57.5 Å². The first kappa shape index (κ1) is 3.05. The minimum Gasteiger partial charge on any atom is -0.508 e. The molecule has 1 rings (SSSR count). The Hall–Kier alpha value is -1.51. The van der Waals surface area contributed by atoms with Crippen molar-refractivity contribution >= 4 is 5.97 Å². The van der Waals surface area contributed by atoms with Gasteiger partial charge in [-0.05, 0) is 24.2 Å². The largest absolute Gasteiger partial charge is 0.508 e. The smallest absolute Gasteiger partial charge is 0.335 e. The molecule has 0 amide bonds. The Morgan fingerprint density at radius 2 is 1.90 bits per heavy atom. The van der Waals surface area contributed by atoms with Crippen LogP contribution in [0.25, 0.3) is 0 Å². The molecule has 2 N–H and O–H groups in total. The van der Waals surface area contributed by atoms with E-state index in [0.29, 0.717) is 0 Å². The first-order valence-corrected chi connectivity index (χ1v) is 2.40. The van der Waals surface area contributed by atoms with E-state index in [1.807, 2.05) is 0 Å². The Morgan fingerprint density at radius 3 is 2.30 bits per heavy atom. The van der Waals surface area contributed by atoms with Gasteiger partial charge in [-0.2, -0.15) is 0 Å². The Balaban J connectivity index is 3.68. The molecular weight excluding hydrogens is 132 g/mol. The predicted molar refractivity (Wildman–Crippen MR) is 35.1 cm³/mol. The second-order valence-electron chi connectivity index (χ2n) is 1.53. The summed E-state index contributed by atoms with van der Waals surface area (Å²) in [4.78, 5) is 10.6. The molecule has 0 aliphatic heterocycles. The highest BCUT2D eigenvalue weighted by Crippen LogP contribution is 2.08. The molecule has 0 aromatic heterocycles. The lowest BCUT2D eigenvalue weighted by molar-refractivity contribution is 0.0697. The molecule has 0 atom stereocenters. The van der Waals surface area contributed by atoms with Gasteiger partial charge in [0.05, 0.1) is 11.0 Å². The lowest BCUT2D eigenvalue weighted by Gasteiger charge is -1.92. The molecule has 0 heterocycles. The highest BCUT2D eigenvalue weighted by Gasteiger charge is 1.99. The van der Waals surface area contributed by atoms with Crippen LogP contribution in [0.5, 0.6) is 5.75 Å². The molecule has 0 unspecified atom stereocenters. The van der Waals surface area contributed by atoms with Gasteiger partial charge in [0.25, 0.3) is 0 Å². The Bertz CT molecular complexity index is 387. The van der Waals surface area contributed by atoms with Gasteiger partial charge in [0.1, 0.15) is 5.75 Å². The van der Waals surface area contributed by atoms with Crippen LogP contribution in [0, 0.1) is 0 Å². The number of aromatic carboxylic acids is 1. The number of benzene rings is 1. The van der Waals surface area contributed by atoms with Crippen molar-refractivity contribution in [2.45, 2.75) is 0 Å². The second kappa shape index (κ2) is 2.39. The summed E-state index contributed by atoms with van der Waals surface area (Å²) in [6, 6.07) is -3.00. The third-order valence-corrected chi connectivity index (χ3v) is 0.826. The van der Waals surface area contributed by atoms with Crippen LogP contribution in [0.3, 0.4) is 0 Å². The number of hydrogen-bond donors (Lipinski definition) is 2. The van der Waals surface area contributed by atoms with Crippen molar-refractivity contribution < 1.29 is 20.5 Å². The maximum Gasteiger partial charge on any atom is 0.335 e. The van der Waals surface area contributed by atoms with E-state index in [1.54, 1.807) is 0 Å². The Kier molecular flexibility index (Phi) is 0.730. The van der Waals surface area contributed by atoms with Crippen LogP contribution in [-0.2, 0) is 0 Å². The van der Waals surface area contributed by atoms with E-state index in [9.17, 15) is 4.79 Å². The number of aromatic hydroxyl groups is 1. The van der Waals surface area contributed by atoms with E-state index < -0.39 is 41.5 Å². The molecule has 1 aromatic rings. The van der Waals surface area contributed by atoms with E-state index in [0.717, 1.165) is 0 Å². The number of phenols is 1. The van der Waals surface area contributed by atoms with Gasteiger partial charge >= 0.3 is 5.97 Å². The van der Waals surface area contributed by atoms with Crippen LogP contribution >= 0.6 is 0 Å². The number of carboxylic acids is 1. The van der Waals surface area contributed by atoms with Crippen molar-refractivity contribution in [3.8, 4) is 5.75 Å². The van der Waals surface area contributed by atoms with E-state index >= 15 is 0 Å². The van der Waals surface area contributed by atoms with E-state index in [4.69, 9.17) is 15.7 Å². The average molecular weight is 142 g/mol. The number of phenolic OH excluding ortho intramolecular Hbond substituents is 1. The van der Waals surface area contributed by atoms with Crippen molar-refractivity contribution in [1.82, 2.24) is 0 Å². The molecule has 3 heteroatoms. The molecule has 1 aromatic carbocycles. The summed E-state index contributed by atoms with van der Waals surface area (Å²) in [5.74, 6) is -2.40.